The standard InChI is InChI=1S/C4H4F2N2O/c5-3(6)2-1-8-4(7)9-2/h1,3H,(H2,7,8). The Morgan fingerprint density at radius 3 is 2.56 bits per heavy atom. The molecule has 0 saturated heterocycles. The van der Waals surface area contributed by atoms with Crippen LogP contribution in [0.4, 0.5) is 14.8 Å². The van der Waals surface area contributed by atoms with Gasteiger partial charge in [-0.1, -0.05) is 0 Å². The summed E-state index contributed by atoms with van der Waals surface area (Å²) in [4.78, 5) is 3.27. The second-order valence-electron chi connectivity index (χ2n) is 1.40. The highest BCUT2D eigenvalue weighted by atomic mass is 19.3. The van der Waals surface area contributed by atoms with Crippen LogP contribution in [-0.4, -0.2) is 4.98 Å². The third-order valence-corrected chi connectivity index (χ3v) is 0.757. The quantitative estimate of drug-likeness (QED) is 0.627. The van der Waals surface area contributed by atoms with Gasteiger partial charge in [0.2, 0.25) is 0 Å². The van der Waals surface area contributed by atoms with Gasteiger partial charge in [0.15, 0.2) is 5.76 Å². The lowest BCUT2D eigenvalue weighted by Gasteiger charge is -1.86. The molecule has 0 aliphatic carbocycles. The van der Waals surface area contributed by atoms with Crippen molar-refractivity contribution < 1.29 is 13.2 Å². The fourth-order valence-corrected chi connectivity index (χ4v) is 0.402. The molecule has 0 radical (unpaired) electrons. The van der Waals surface area contributed by atoms with Gasteiger partial charge >= 0.3 is 0 Å². The first-order valence-electron chi connectivity index (χ1n) is 2.19. The molecule has 0 aliphatic heterocycles. The predicted octanol–water partition coefficient (Wildman–Crippen LogP) is 1.19. The Kier molecular flexibility index (Phi) is 1.33. The zero-order valence-electron chi connectivity index (χ0n) is 4.34. The number of hydrogen-bond acceptors (Lipinski definition) is 3. The van der Waals surface area contributed by atoms with Crippen molar-refractivity contribution in [2.75, 3.05) is 5.73 Å². The molecule has 0 unspecified atom stereocenters. The summed E-state index contributed by atoms with van der Waals surface area (Å²) < 4.78 is 27.4. The lowest BCUT2D eigenvalue weighted by atomic mass is 10.5. The van der Waals surface area contributed by atoms with E-state index in [9.17, 15) is 8.78 Å². The summed E-state index contributed by atoms with van der Waals surface area (Å²) in [5.74, 6) is -0.493. The number of nitrogen functional groups attached to an aromatic ring is 1. The van der Waals surface area contributed by atoms with Crippen LogP contribution < -0.4 is 5.73 Å². The number of hydrogen-bond donors (Lipinski definition) is 1. The maximum absolute atomic E-state index is 11.6. The van der Waals surface area contributed by atoms with Crippen molar-refractivity contribution in [2.45, 2.75) is 6.43 Å². The first-order valence-corrected chi connectivity index (χ1v) is 2.19. The third-order valence-electron chi connectivity index (χ3n) is 0.757. The molecular formula is C4H4F2N2O. The van der Waals surface area contributed by atoms with Gasteiger partial charge in [-0.15, -0.1) is 0 Å². The lowest BCUT2D eigenvalue weighted by molar-refractivity contribution is 0.123. The van der Waals surface area contributed by atoms with E-state index in [1.807, 2.05) is 0 Å². The van der Waals surface area contributed by atoms with Crippen molar-refractivity contribution in [2.24, 2.45) is 0 Å². The second-order valence-corrected chi connectivity index (χ2v) is 1.40. The molecule has 1 heterocycles. The van der Waals surface area contributed by atoms with E-state index in [4.69, 9.17) is 5.73 Å². The van der Waals surface area contributed by atoms with Crippen LogP contribution in [0.5, 0.6) is 0 Å². The monoisotopic (exact) mass is 134 g/mol. The van der Waals surface area contributed by atoms with Crippen LogP contribution in [0, 0.1) is 0 Å². The summed E-state index contributed by atoms with van der Waals surface area (Å²) in [7, 11) is 0. The van der Waals surface area contributed by atoms with E-state index in [-0.39, 0.29) is 6.01 Å². The number of anilines is 1. The summed E-state index contributed by atoms with van der Waals surface area (Å²) in [5.41, 5.74) is 4.91. The van der Waals surface area contributed by atoms with Crippen LogP contribution in [-0.2, 0) is 0 Å². The molecule has 2 N–H and O–H groups in total. The van der Waals surface area contributed by atoms with Gasteiger partial charge in [-0.2, -0.15) is 0 Å². The summed E-state index contributed by atoms with van der Waals surface area (Å²) in [5, 5.41) is 0. The van der Waals surface area contributed by atoms with Gasteiger partial charge in [-0.3, -0.25) is 0 Å². The molecule has 3 nitrogen and oxygen atoms in total. The molecule has 9 heavy (non-hydrogen) atoms. The van der Waals surface area contributed by atoms with Gasteiger partial charge in [0, 0.05) is 0 Å². The topological polar surface area (TPSA) is 52.0 Å². The van der Waals surface area contributed by atoms with E-state index >= 15 is 0 Å². The highest BCUT2D eigenvalue weighted by molar-refractivity contribution is 5.11. The third kappa shape index (κ3) is 1.16. The number of aromatic nitrogens is 1. The smallest absolute Gasteiger partial charge is 0.297 e. The van der Waals surface area contributed by atoms with E-state index in [0.29, 0.717) is 0 Å². The first-order chi connectivity index (χ1) is 4.20. The van der Waals surface area contributed by atoms with Crippen LogP contribution in [0.15, 0.2) is 10.6 Å². The molecule has 0 atom stereocenters. The fourth-order valence-electron chi connectivity index (χ4n) is 0.402. The molecule has 0 amide bonds. The van der Waals surface area contributed by atoms with Crippen LogP contribution >= 0.6 is 0 Å². The average Bonchev–Trinajstić information content (AvgIpc) is 2.14. The lowest BCUT2D eigenvalue weighted by Crippen LogP contribution is -1.80. The molecule has 50 valence electrons. The Morgan fingerprint density at radius 1 is 1.67 bits per heavy atom. The summed E-state index contributed by atoms with van der Waals surface area (Å²) >= 11 is 0. The molecule has 0 saturated carbocycles. The van der Waals surface area contributed by atoms with Crippen LogP contribution in [0.2, 0.25) is 0 Å². The van der Waals surface area contributed by atoms with Crippen LogP contribution in [0.25, 0.3) is 0 Å². The Bertz CT molecular complexity index is 198. The molecule has 0 spiro atoms. The van der Waals surface area contributed by atoms with Crippen LogP contribution in [0.3, 0.4) is 0 Å². The molecule has 1 aromatic heterocycles. The Balaban J connectivity index is 2.85. The Morgan fingerprint density at radius 2 is 2.33 bits per heavy atom. The number of nitrogens with zero attached hydrogens (tertiary/aromatic N) is 1. The molecule has 1 aromatic rings. The SMILES string of the molecule is Nc1ncc(C(F)F)o1. The van der Waals surface area contributed by atoms with E-state index < -0.39 is 12.2 Å². The highest BCUT2D eigenvalue weighted by Crippen LogP contribution is 2.19. The van der Waals surface area contributed by atoms with E-state index in [1.54, 1.807) is 0 Å². The van der Waals surface area contributed by atoms with Crippen molar-refractivity contribution in [1.29, 1.82) is 0 Å². The summed E-state index contributed by atoms with van der Waals surface area (Å²) in [6, 6.07) is -0.231. The normalized spacial score (nSPS) is 10.6. The molecule has 0 aromatic carbocycles. The minimum absolute atomic E-state index is 0.231. The molecule has 0 fully saturated rings. The molecule has 1 rings (SSSR count). The summed E-state index contributed by atoms with van der Waals surface area (Å²) in [6.07, 6.45) is -1.73. The largest absolute Gasteiger partial charge is 0.423 e. The highest BCUT2D eigenvalue weighted by Gasteiger charge is 2.11. The van der Waals surface area contributed by atoms with Gasteiger partial charge in [-0.25, -0.2) is 13.8 Å². The number of oxazole rings is 1. The van der Waals surface area contributed by atoms with Gasteiger partial charge in [0.1, 0.15) is 0 Å². The minimum Gasteiger partial charge on any atom is -0.423 e. The van der Waals surface area contributed by atoms with E-state index in [0.717, 1.165) is 6.20 Å². The molecule has 0 bridgehead atoms. The molecular weight excluding hydrogens is 130 g/mol. The zero-order valence-corrected chi connectivity index (χ0v) is 4.34. The zero-order chi connectivity index (χ0) is 6.85. The van der Waals surface area contributed by atoms with Crippen molar-refractivity contribution in [1.82, 2.24) is 4.98 Å². The Hall–Kier alpha value is -1.13. The van der Waals surface area contributed by atoms with Gasteiger partial charge in [0.05, 0.1) is 6.20 Å². The molecule has 0 aliphatic rings. The van der Waals surface area contributed by atoms with Gasteiger partial charge in [0.25, 0.3) is 12.4 Å². The number of halogens is 2. The maximum Gasteiger partial charge on any atom is 0.297 e. The summed E-state index contributed by atoms with van der Waals surface area (Å²) in [6.45, 7) is 0. The van der Waals surface area contributed by atoms with Crippen molar-refractivity contribution in [3.8, 4) is 0 Å². The second kappa shape index (κ2) is 2.00. The van der Waals surface area contributed by atoms with Crippen LogP contribution in [0.1, 0.15) is 12.2 Å². The molecule has 5 heteroatoms. The fraction of sp³-hybridized carbons (Fsp3) is 0.250. The van der Waals surface area contributed by atoms with Crippen molar-refractivity contribution in [3.63, 3.8) is 0 Å². The Labute approximate surface area is 49.5 Å². The van der Waals surface area contributed by atoms with E-state index in [2.05, 4.69) is 9.40 Å². The van der Waals surface area contributed by atoms with Gasteiger partial charge < -0.3 is 10.2 Å². The number of alkyl halides is 2. The first kappa shape index (κ1) is 6.00. The van der Waals surface area contributed by atoms with Crippen molar-refractivity contribution >= 4 is 6.01 Å². The van der Waals surface area contributed by atoms with E-state index in [1.165, 1.54) is 0 Å². The predicted molar refractivity (Wildman–Crippen MR) is 25.9 cm³/mol. The van der Waals surface area contributed by atoms with Crippen molar-refractivity contribution in [3.05, 3.63) is 12.0 Å². The average molecular weight is 134 g/mol. The number of nitrogens with two attached hydrogens (primary N) is 1. The number of rotatable bonds is 1. The van der Waals surface area contributed by atoms with Gasteiger partial charge in [-0.05, 0) is 0 Å². The minimum atomic E-state index is -2.63. The maximum atomic E-state index is 11.6.